The first-order valence-corrected chi connectivity index (χ1v) is 10.8. The van der Waals surface area contributed by atoms with Gasteiger partial charge in [-0.25, -0.2) is 5.48 Å². The molecule has 1 amide bonds. The van der Waals surface area contributed by atoms with Gasteiger partial charge in [0, 0.05) is 26.1 Å². The highest BCUT2D eigenvalue weighted by Crippen LogP contribution is 2.25. The zero-order valence-corrected chi connectivity index (χ0v) is 17.4. The summed E-state index contributed by atoms with van der Waals surface area (Å²) in [4.78, 5) is 13.4. The summed E-state index contributed by atoms with van der Waals surface area (Å²) in [5, 5.41) is 18.8. The van der Waals surface area contributed by atoms with E-state index < -0.39 is 6.10 Å². The fraction of sp³-hybridized carbons (Fsp3) is 0.458. The molecule has 0 aromatic heterocycles. The topological polar surface area (TPSA) is 82.0 Å². The lowest BCUT2D eigenvalue weighted by molar-refractivity contribution is -0.129. The van der Waals surface area contributed by atoms with E-state index in [4.69, 9.17) is 9.94 Å². The Balaban J connectivity index is 1.47. The molecule has 2 aromatic carbocycles. The van der Waals surface area contributed by atoms with Gasteiger partial charge in [0.2, 0.25) is 5.91 Å². The fourth-order valence-corrected chi connectivity index (χ4v) is 3.72. The van der Waals surface area contributed by atoms with Crippen LogP contribution in [-0.4, -0.2) is 54.0 Å². The summed E-state index contributed by atoms with van der Waals surface area (Å²) in [7, 11) is 0. The summed E-state index contributed by atoms with van der Waals surface area (Å²) in [5.41, 5.74) is 6.14. The van der Waals surface area contributed by atoms with Crippen LogP contribution in [0.1, 0.15) is 42.9 Å². The van der Waals surface area contributed by atoms with Crippen LogP contribution < -0.4 is 5.48 Å². The smallest absolute Gasteiger partial charge is 0.243 e. The number of hydroxylamine groups is 1. The van der Waals surface area contributed by atoms with E-state index in [9.17, 15) is 9.90 Å². The van der Waals surface area contributed by atoms with Crippen LogP contribution in [0.15, 0.2) is 48.5 Å². The largest absolute Gasteiger partial charge is 0.388 e. The maximum atomic E-state index is 11.0. The molecule has 1 unspecified atom stereocenters. The fourth-order valence-electron chi connectivity index (χ4n) is 3.72. The molecule has 162 valence electrons. The number of rotatable bonds is 10. The van der Waals surface area contributed by atoms with Crippen LogP contribution in [0, 0.1) is 0 Å². The van der Waals surface area contributed by atoms with E-state index in [1.54, 1.807) is 5.48 Å². The number of nitrogens with zero attached hydrogens (tertiary/aromatic N) is 1. The molecule has 6 heteroatoms. The Labute approximate surface area is 178 Å². The van der Waals surface area contributed by atoms with E-state index in [0.29, 0.717) is 12.8 Å². The Morgan fingerprint density at radius 3 is 2.27 bits per heavy atom. The molecule has 1 aliphatic rings. The average molecular weight is 413 g/mol. The predicted octanol–water partition coefficient (Wildman–Crippen LogP) is 3.33. The van der Waals surface area contributed by atoms with E-state index in [1.165, 1.54) is 11.1 Å². The van der Waals surface area contributed by atoms with E-state index in [1.807, 2.05) is 24.3 Å². The molecular formula is C24H32N2O4. The number of carbonyl (C=O) groups excluding carboxylic acids is 1. The number of ether oxygens (including phenoxy) is 1. The Morgan fingerprint density at radius 1 is 1.00 bits per heavy atom. The number of carbonyl (C=O) groups is 1. The molecule has 6 nitrogen and oxygen atoms in total. The van der Waals surface area contributed by atoms with Crippen molar-refractivity contribution in [2.24, 2.45) is 0 Å². The van der Waals surface area contributed by atoms with Crippen molar-refractivity contribution in [2.45, 2.75) is 38.2 Å². The minimum absolute atomic E-state index is 0.268. The molecule has 0 aliphatic carbocycles. The van der Waals surface area contributed by atoms with Crippen LogP contribution in [0.4, 0.5) is 0 Å². The molecule has 3 N–H and O–H groups in total. The van der Waals surface area contributed by atoms with Crippen molar-refractivity contribution in [2.75, 3.05) is 32.8 Å². The van der Waals surface area contributed by atoms with Gasteiger partial charge < -0.3 is 9.84 Å². The van der Waals surface area contributed by atoms with Gasteiger partial charge in [0.25, 0.3) is 0 Å². The summed E-state index contributed by atoms with van der Waals surface area (Å²) in [6.07, 6.45) is 2.73. The zero-order valence-electron chi connectivity index (χ0n) is 17.4. The van der Waals surface area contributed by atoms with Gasteiger partial charge in [-0.3, -0.25) is 14.9 Å². The zero-order chi connectivity index (χ0) is 21.2. The second-order valence-corrected chi connectivity index (χ2v) is 7.82. The average Bonchev–Trinajstić information content (AvgIpc) is 2.81. The molecule has 1 aliphatic heterocycles. The summed E-state index contributed by atoms with van der Waals surface area (Å²) in [6.45, 7) is 4.79. The number of aliphatic hydroxyl groups is 1. The second-order valence-electron chi connectivity index (χ2n) is 7.82. The van der Waals surface area contributed by atoms with Crippen molar-refractivity contribution in [1.29, 1.82) is 0 Å². The highest BCUT2D eigenvalue weighted by Gasteiger charge is 2.11. The number of benzene rings is 2. The molecule has 0 saturated carbocycles. The van der Waals surface area contributed by atoms with Crippen LogP contribution in [-0.2, 0) is 16.0 Å². The monoisotopic (exact) mass is 412 g/mol. The quantitative estimate of drug-likeness (QED) is 0.317. The third kappa shape index (κ3) is 6.92. The van der Waals surface area contributed by atoms with Crippen LogP contribution in [0.2, 0.25) is 0 Å². The molecular weight excluding hydrogens is 380 g/mol. The first-order chi connectivity index (χ1) is 14.7. The SMILES string of the molecule is O=C(CCCCC(O)c1ccc(-c2ccc(CCN3CCOCC3)cc2)cc1)NO. The van der Waals surface area contributed by atoms with Gasteiger partial charge in [-0.05, 0) is 41.5 Å². The number of hydrogen-bond donors (Lipinski definition) is 3. The van der Waals surface area contributed by atoms with Gasteiger partial charge in [-0.1, -0.05) is 55.0 Å². The summed E-state index contributed by atoms with van der Waals surface area (Å²) < 4.78 is 5.40. The highest BCUT2D eigenvalue weighted by molar-refractivity contribution is 5.74. The lowest BCUT2D eigenvalue weighted by Crippen LogP contribution is -2.37. The van der Waals surface area contributed by atoms with Crippen LogP contribution in [0.5, 0.6) is 0 Å². The van der Waals surface area contributed by atoms with Gasteiger partial charge in [0.1, 0.15) is 0 Å². The van der Waals surface area contributed by atoms with Crippen molar-refractivity contribution < 1.29 is 19.8 Å². The van der Waals surface area contributed by atoms with Crippen molar-refractivity contribution in [3.63, 3.8) is 0 Å². The molecule has 1 saturated heterocycles. The van der Waals surface area contributed by atoms with E-state index in [-0.39, 0.29) is 12.3 Å². The van der Waals surface area contributed by atoms with Crippen molar-refractivity contribution >= 4 is 5.91 Å². The second kappa shape index (κ2) is 11.8. The molecule has 0 bridgehead atoms. The number of morpholine rings is 1. The van der Waals surface area contributed by atoms with Gasteiger partial charge in [-0.15, -0.1) is 0 Å². The lowest BCUT2D eigenvalue weighted by atomic mass is 9.98. The molecule has 1 atom stereocenters. The number of unbranched alkanes of at least 4 members (excludes halogenated alkanes) is 1. The molecule has 30 heavy (non-hydrogen) atoms. The van der Waals surface area contributed by atoms with Gasteiger partial charge in [0.05, 0.1) is 19.3 Å². The highest BCUT2D eigenvalue weighted by atomic mass is 16.5. The molecule has 2 aromatic rings. The van der Waals surface area contributed by atoms with E-state index >= 15 is 0 Å². The molecule has 1 heterocycles. The minimum Gasteiger partial charge on any atom is -0.388 e. The third-order valence-corrected chi connectivity index (χ3v) is 5.66. The number of hydrogen-bond acceptors (Lipinski definition) is 5. The minimum atomic E-state index is -0.543. The van der Waals surface area contributed by atoms with E-state index in [2.05, 4.69) is 29.2 Å². The summed E-state index contributed by atoms with van der Waals surface area (Å²) in [5.74, 6) is -0.388. The van der Waals surface area contributed by atoms with Crippen molar-refractivity contribution in [3.8, 4) is 11.1 Å². The Bertz CT molecular complexity index is 771. The van der Waals surface area contributed by atoms with Crippen LogP contribution in [0.25, 0.3) is 11.1 Å². The lowest BCUT2D eigenvalue weighted by Gasteiger charge is -2.26. The van der Waals surface area contributed by atoms with Gasteiger partial charge >= 0.3 is 0 Å². The van der Waals surface area contributed by atoms with Crippen LogP contribution >= 0.6 is 0 Å². The number of amides is 1. The molecule has 0 spiro atoms. The number of aliphatic hydroxyl groups excluding tert-OH is 1. The molecule has 0 radical (unpaired) electrons. The molecule has 1 fully saturated rings. The third-order valence-electron chi connectivity index (χ3n) is 5.66. The van der Waals surface area contributed by atoms with Crippen molar-refractivity contribution in [3.05, 3.63) is 59.7 Å². The molecule has 3 rings (SSSR count). The Kier molecular flexibility index (Phi) is 8.83. The first kappa shape index (κ1) is 22.4. The normalized spacial score (nSPS) is 15.7. The Hall–Kier alpha value is -2.25. The van der Waals surface area contributed by atoms with Gasteiger partial charge in [0.15, 0.2) is 0 Å². The maximum absolute atomic E-state index is 11.0. The Morgan fingerprint density at radius 2 is 1.63 bits per heavy atom. The standard InChI is InChI=1S/C24H32N2O4/c27-23(3-1-2-4-24(28)25-29)22-11-9-21(10-12-22)20-7-5-19(6-8-20)13-14-26-15-17-30-18-16-26/h5-12,23,27,29H,1-4,13-18H2,(H,25,28). The maximum Gasteiger partial charge on any atom is 0.243 e. The number of nitrogens with one attached hydrogen (secondary N) is 1. The van der Waals surface area contributed by atoms with E-state index in [0.717, 1.165) is 56.8 Å². The van der Waals surface area contributed by atoms with Gasteiger partial charge in [-0.2, -0.15) is 0 Å². The predicted molar refractivity (Wildman–Crippen MR) is 116 cm³/mol. The summed E-state index contributed by atoms with van der Waals surface area (Å²) in [6, 6.07) is 16.7. The summed E-state index contributed by atoms with van der Waals surface area (Å²) >= 11 is 0. The first-order valence-electron chi connectivity index (χ1n) is 10.8. The van der Waals surface area contributed by atoms with Crippen LogP contribution in [0.3, 0.4) is 0 Å². The van der Waals surface area contributed by atoms with Crippen molar-refractivity contribution in [1.82, 2.24) is 10.4 Å².